The molecule has 2 nitrogen and oxygen atoms in total. The summed E-state index contributed by atoms with van der Waals surface area (Å²) in [7, 11) is 0. The molecule has 20 heavy (non-hydrogen) atoms. The van der Waals surface area contributed by atoms with Gasteiger partial charge in [0.1, 0.15) is 0 Å². The summed E-state index contributed by atoms with van der Waals surface area (Å²) >= 11 is 1.19. The van der Waals surface area contributed by atoms with Crippen LogP contribution >= 0.6 is 11.8 Å². The minimum atomic E-state index is -0.192. The molecule has 0 bridgehead atoms. The van der Waals surface area contributed by atoms with E-state index in [1.54, 1.807) is 0 Å². The zero-order valence-corrected chi connectivity index (χ0v) is 12.0. The molecule has 0 aromatic heterocycles. The van der Waals surface area contributed by atoms with Crippen LogP contribution in [0, 0.1) is 0 Å². The zero-order valence-electron chi connectivity index (χ0n) is 11.2. The second-order valence-corrected chi connectivity index (χ2v) is 5.52. The molecular formula is C17H14O2S. The molecule has 0 spiro atoms. The van der Waals surface area contributed by atoms with Gasteiger partial charge in [0.15, 0.2) is 10.9 Å². The normalized spacial score (nSPS) is 10.2. The summed E-state index contributed by atoms with van der Waals surface area (Å²) in [5, 5.41) is 1.89. The summed E-state index contributed by atoms with van der Waals surface area (Å²) in [6.07, 6.45) is 1.26. The highest BCUT2D eigenvalue weighted by Crippen LogP contribution is 2.33. The lowest BCUT2D eigenvalue weighted by molar-refractivity contribution is -0.110. The lowest BCUT2D eigenvalue weighted by Crippen LogP contribution is -1.97. The third-order valence-electron chi connectivity index (χ3n) is 2.95. The van der Waals surface area contributed by atoms with Gasteiger partial charge in [0.25, 0.3) is 0 Å². The predicted molar refractivity (Wildman–Crippen MR) is 84.7 cm³/mol. The molecule has 0 aliphatic heterocycles. The van der Waals surface area contributed by atoms with E-state index in [9.17, 15) is 9.59 Å². The Morgan fingerprint density at radius 3 is 2.35 bits per heavy atom. The molecule has 0 N–H and O–H groups in total. The number of benzene rings is 2. The second-order valence-electron chi connectivity index (χ2n) is 4.30. The monoisotopic (exact) mass is 282 g/mol. The Morgan fingerprint density at radius 2 is 1.75 bits per heavy atom. The van der Waals surface area contributed by atoms with Crippen molar-refractivity contribution in [1.29, 1.82) is 0 Å². The highest BCUT2D eigenvalue weighted by molar-refractivity contribution is 8.13. The first-order chi connectivity index (χ1) is 9.54. The Labute approximate surface area is 122 Å². The van der Waals surface area contributed by atoms with E-state index in [1.807, 2.05) is 36.4 Å². The molecule has 0 atom stereocenters. The number of carbonyl (C=O) groups is 2. The topological polar surface area (TPSA) is 34.1 Å². The number of ketones is 1. The molecule has 0 heterocycles. The molecule has 0 fully saturated rings. The van der Waals surface area contributed by atoms with Crippen LogP contribution in [0.4, 0.5) is 0 Å². The average Bonchev–Trinajstić information content (AvgIpc) is 2.45. The highest BCUT2D eigenvalue weighted by Gasteiger charge is 2.12. The maximum Gasteiger partial charge on any atom is 0.190 e. The van der Waals surface area contributed by atoms with Crippen LogP contribution < -0.4 is 0 Å². The predicted octanol–water partition coefficient (Wildman–Crippen LogP) is 4.25. The quantitative estimate of drug-likeness (QED) is 0.621. The number of hydrogen-bond donors (Lipinski definition) is 0. The van der Waals surface area contributed by atoms with Crippen molar-refractivity contribution in [1.82, 2.24) is 0 Å². The van der Waals surface area contributed by atoms with Crippen molar-refractivity contribution in [3.05, 3.63) is 61.2 Å². The van der Waals surface area contributed by atoms with Gasteiger partial charge in [0, 0.05) is 17.4 Å². The Morgan fingerprint density at radius 1 is 1.10 bits per heavy atom. The van der Waals surface area contributed by atoms with Gasteiger partial charge in [-0.2, -0.15) is 0 Å². The number of hydrogen-bond acceptors (Lipinski definition) is 3. The fourth-order valence-electron chi connectivity index (χ4n) is 2.03. The number of fused-ring (bicyclic) bond motifs is 1. The van der Waals surface area contributed by atoms with Gasteiger partial charge in [0.2, 0.25) is 0 Å². The Kier molecular flexibility index (Phi) is 4.20. The van der Waals surface area contributed by atoms with E-state index in [1.165, 1.54) is 24.8 Å². The van der Waals surface area contributed by atoms with Gasteiger partial charge in [-0.3, -0.25) is 9.59 Å². The van der Waals surface area contributed by atoms with Crippen molar-refractivity contribution in [2.24, 2.45) is 0 Å². The molecule has 0 aliphatic rings. The second kappa shape index (κ2) is 5.88. The molecule has 2 aromatic rings. The van der Waals surface area contributed by atoms with Crippen molar-refractivity contribution >= 4 is 39.0 Å². The van der Waals surface area contributed by atoms with E-state index in [-0.39, 0.29) is 10.9 Å². The van der Waals surface area contributed by atoms with Crippen molar-refractivity contribution in [2.45, 2.75) is 11.8 Å². The molecule has 0 saturated heterocycles. The van der Waals surface area contributed by atoms with Crippen LogP contribution in [0.2, 0.25) is 0 Å². The van der Waals surface area contributed by atoms with Crippen LogP contribution in [0.5, 0.6) is 0 Å². The third kappa shape index (κ3) is 2.73. The summed E-state index contributed by atoms with van der Waals surface area (Å²) < 4.78 is 0. The van der Waals surface area contributed by atoms with Gasteiger partial charge < -0.3 is 0 Å². The third-order valence-corrected chi connectivity index (χ3v) is 3.81. The van der Waals surface area contributed by atoms with Crippen LogP contribution in [0.25, 0.3) is 16.3 Å². The number of allylic oxidation sites excluding steroid dienone is 2. The Balaban J connectivity index is 2.65. The molecule has 0 unspecified atom stereocenters. The van der Waals surface area contributed by atoms with E-state index in [4.69, 9.17) is 0 Å². The van der Waals surface area contributed by atoms with Gasteiger partial charge >= 0.3 is 0 Å². The Hall–Kier alpha value is -2.13. The molecule has 3 heteroatoms. The maximum absolute atomic E-state index is 11.7. The number of carbonyl (C=O) groups excluding carboxylic acids is 2. The molecule has 100 valence electrons. The maximum atomic E-state index is 11.7. The minimum absolute atomic E-state index is 0.0314. The summed E-state index contributed by atoms with van der Waals surface area (Å²) in [6.45, 7) is 8.86. The highest BCUT2D eigenvalue weighted by atomic mass is 32.2. The van der Waals surface area contributed by atoms with Crippen LogP contribution in [-0.4, -0.2) is 10.9 Å². The molecule has 0 saturated carbocycles. The largest absolute Gasteiger partial charge is 0.289 e. The van der Waals surface area contributed by atoms with Crippen molar-refractivity contribution in [3.8, 4) is 0 Å². The van der Waals surface area contributed by atoms with Gasteiger partial charge in [-0.15, -0.1) is 0 Å². The first-order valence-corrected chi connectivity index (χ1v) is 6.92. The molecule has 0 aliphatic carbocycles. The van der Waals surface area contributed by atoms with Gasteiger partial charge in [-0.25, -0.2) is 0 Å². The summed E-state index contributed by atoms with van der Waals surface area (Å²) in [5.74, 6) is -0.192. The number of thioether (sulfide) groups is 1. The molecule has 0 amide bonds. The molecule has 2 rings (SSSR count). The summed E-state index contributed by atoms with van der Waals surface area (Å²) in [5.41, 5.74) is 1.19. The van der Waals surface area contributed by atoms with Crippen LogP contribution in [-0.2, 0) is 9.59 Å². The van der Waals surface area contributed by atoms with Gasteiger partial charge in [-0.1, -0.05) is 55.3 Å². The smallest absolute Gasteiger partial charge is 0.190 e. The summed E-state index contributed by atoms with van der Waals surface area (Å²) in [6, 6.07) is 11.4. The first kappa shape index (κ1) is 14.3. The van der Waals surface area contributed by atoms with Crippen LogP contribution in [0.15, 0.2) is 60.5 Å². The lowest BCUT2D eigenvalue weighted by Gasteiger charge is -2.10. The summed E-state index contributed by atoms with van der Waals surface area (Å²) in [4.78, 5) is 23.9. The van der Waals surface area contributed by atoms with Crippen LogP contribution in [0.3, 0.4) is 0 Å². The minimum Gasteiger partial charge on any atom is -0.289 e. The fraction of sp³-hybridized carbons (Fsp3) is 0.0588. The molecule has 0 radical (unpaired) electrons. The van der Waals surface area contributed by atoms with Crippen molar-refractivity contribution in [2.75, 3.05) is 0 Å². The van der Waals surface area contributed by atoms with E-state index in [2.05, 4.69) is 13.2 Å². The zero-order chi connectivity index (χ0) is 14.7. The SMILES string of the molecule is C=CC(=O)C(=C)c1ccc(SC(C)=O)c2ccccc12. The van der Waals surface area contributed by atoms with Crippen LogP contribution in [0.1, 0.15) is 12.5 Å². The number of rotatable bonds is 4. The van der Waals surface area contributed by atoms with E-state index < -0.39 is 0 Å². The van der Waals surface area contributed by atoms with E-state index >= 15 is 0 Å². The lowest BCUT2D eigenvalue weighted by atomic mass is 9.97. The van der Waals surface area contributed by atoms with E-state index in [0.717, 1.165) is 21.2 Å². The van der Waals surface area contributed by atoms with Crippen molar-refractivity contribution < 1.29 is 9.59 Å². The average molecular weight is 282 g/mol. The molecular weight excluding hydrogens is 268 g/mol. The fourth-order valence-corrected chi connectivity index (χ4v) is 2.77. The van der Waals surface area contributed by atoms with E-state index in [0.29, 0.717) is 5.57 Å². The van der Waals surface area contributed by atoms with Gasteiger partial charge in [0.05, 0.1) is 0 Å². The first-order valence-electron chi connectivity index (χ1n) is 6.11. The standard InChI is InChI=1S/C17H14O2S/c1-4-16(19)11(2)13-9-10-17(20-12(3)18)15-8-6-5-7-14(13)15/h4-10H,1-2H2,3H3. The Bertz CT molecular complexity index is 729. The van der Waals surface area contributed by atoms with Gasteiger partial charge in [-0.05, 0) is 28.5 Å². The van der Waals surface area contributed by atoms with Crippen molar-refractivity contribution in [3.63, 3.8) is 0 Å². The molecule has 2 aromatic carbocycles.